The number of allylic oxidation sites excluding steroid dienone is 8. The van der Waals surface area contributed by atoms with Crippen LogP contribution in [-0.2, 0) is 22.2 Å². The van der Waals surface area contributed by atoms with Crippen molar-refractivity contribution in [3.63, 3.8) is 0 Å². The Labute approximate surface area is 345 Å². The molecule has 2 heterocycles. The fourth-order valence-corrected chi connectivity index (χ4v) is 11.0. The standard InChI is InChI=1S/C55H47N2S/c1-54(2)48(56(5)52-46-29-15-11-25-42(46)40-23-9-13-27-44(40)50(52)54)31-17-21-38(58-39-34-33-36-19-7-8-20-37(36)35-39)22-18-32-49-55(3,4)51-45-28-14-10-24-41(45)43-26-12-16-30-47(43)53(51)57(49)6/h7-35H,1-6H3/q+1/b21-17+,22-18+,48-31+,49-32+. The Morgan fingerprint density at radius 3 is 1.29 bits per heavy atom. The van der Waals surface area contributed by atoms with E-state index in [-0.39, 0.29) is 10.8 Å². The maximum Gasteiger partial charge on any atom is 0.232 e. The van der Waals surface area contributed by atoms with Crippen LogP contribution in [0.5, 0.6) is 0 Å². The number of nitrogens with zero attached hydrogens (tertiary/aromatic N) is 2. The Balaban J connectivity index is 1.06. The number of fused-ring (bicyclic) bond motifs is 13. The van der Waals surface area contributed by atoms with E-state index in [4.69, 9.17) is 0 Å². The molecular formula is C55H47N2S+. The Kier molecular flexibility index (Phi) is 8.51. The number of likely N-dealkylation sites (N-methyl/N-ethyl adjacent to an activating group) is 2. The highest BCUT2D eigenvalue weighted by Gasteiger charge is 2.42. The molecule has 282 valence electrons. The van der Waals surface area contributed by atoms with Crippen LogP contribution in [0, 0.1) is 0 Å². The van der Waals surface area contributed by atoms with Gasteiger partial charge in [-0.15, -0.1) is 0 Å². The van der Waals surface area contributed by atoms with E-state index in [1.807, 2.05) is 11.4 Å². The molecule has 8 aromatic carbocycles. The third-order valence-corrected chi connectivity index (χ3v) is 13.7. The maximum atomic E-state index is 2.42. The highest BCUT2D eigenvalue weighted by Crippen LogP contribution is 2.55. The first kappa shape index (κ1) is 36.1. The van der Waals surface area contributed by atoms with Crippen LogP contribution in [0.15, 0.2) is 192 Å². The SMILES string of the molecule is CN1/C(=C/C=C/C(/C=C/C=C2/N(C)c3c(c4ccccc4c4ccccc34)C2(C)C)=[S+]c2ccc3ccccc3c2)C(C)(C)c2c1c1ccccc1c1ccccc21. The Morgan fingerprint density at radius 2 is 0.828 bits per heavy atom. The number of hydrogen-bond acceptors (Lipinski definition) is 2. The van der Waals surface area contributed by atoms with Crippen LogP contribution in [0.2, 0.25) is 0 Å². The largest absolute Gasteiger partial charge is 0.347 e. The lowest BCUT2D eigenvalue weighted by Gasteiger charge is -2.24. The van der Waals surface area contributed by atoms with Crippen LogP contribution < -0.4 is 9.80 Å². The first-order valence-electron chi connectivity index (χ1n) is 20.3. The van der Waals surface area contributed by atoms with Gasteiger partial charge in [0, 0.05) is 71.4 Å². The molecule has 0 fully saturated rings. The smallest absolute Gasteiger partial charge is 0.232 e. The number of rotatable bonds is 5. The molecule has 58 heavy (non-hydrogen) atoms. The van der Waals surface area contributed by atoms with Gasteiger partial charge in [0.15, 0.2) is 0 Å². The Hall–Kier alpha value is -6.29. The van der Waals surface area contributed by atoms with Crippen molar-refractivity contribution in [1.82, 2.24) is 0 Å². The summed E-state index contributed by atoms with van der Waals surface area (Å²) < 4.78 is 0. The van der Waals surface area contributed by atoms with E-state index in [1.54, 1.807) is 0 Å². The third kappa shape index (κ3) is 5.56. The van der Waals surface area contributed by atoms with Gasteiger partial charge in [-0.05, 0) is 72.4 Å². The predicted octanol–water partition coefficient (Wildman–Crippen LogP) is 13.8. The molecule has 2 aliphatic rings. The lowest BCUT2D eigenvalue weighted by molar-refractivity contribution is 0.645. The summed E-state index contributed by atoms with van der Waals surface area (Å²) in [6.07, 6.45) is 13.7. The molecule has 0 unspecified atom stereocenters. The van der Waals surface area contributed by atoms with Crippen molar-refractivity contribution in [2.45, 2.75) is 43.4 Å². The molecule has 0 bridgehead atoms. The summed E-state index contributed by atoms with van der Waals surface area (Å²) in [5.74, 6) is 0. The van der Waals surface area contributed by atoms with Crippen LogP contribution >= 0.6 is 0 Å². The summed E-state index contributed by atoms with van der Waals surface area (Å²) in [4.78, 5) is 7.24. The number of anilines is 2. The van der Waals surface area contributed by atoms with Crippen molar-refractivity contribution in [3.05, 3.63) is 199 Å². The average molecular weight is 768 g/mol. The van der Waals surface area contributed by atoms with Crippen molar-refractivity contribution in [3.8, 4) is 0 Å². The molecule has 0 saturated carbocycles. The van der Waals surface area contributed by atoms with E-state index in [0.717, 1.165) is 0 Å². The van der Waals surface area contributed by atoms with Gasteiger partial charge < -0.3 is 9.80 Å². The van der Waals surface area contributed by atoms with E-state index in [1.165, 1.54) is 97.5 Å². The molecule has 0 amide bonds. The van der Waals surface area contributed by atoms with E-state index < -0.39 is 0 Å². The zero-order chi connectivity index (χ0) is 39.8. The van der Waals surface area contributed by atoms with E-state index in [0.29, 0.717) is 0 Å². The lowest BCUT2D eigenvalue weighted by atomic mass is 9.80. The highest BCUT2D eigenvalue weighted by molar-refractivity contribution is 7.79. The van der Waals surface area contributed by atoms with Crippen LogP contribution in [-0.4, -0.2) is 19.0 Å². The van der Waals surface area contributed by atoms with E-state index >= 15 is 0 Å². The van der Waals surface area contributed by atoms with Gasteiger partial charge in [0.25, 0.3) is 0 Å². The molecular weight excluding hydrogens is 721 g/mol. The molecule has 0 radical (unpaired) electrons. The summed E-state index contributed by atoms with van der Waals surface area (Å²) in [5.41, 5.74) is 7.61. The molecule has 2 nitrogen and oxygen atoms in total. The molecule has 0 spiro atoms. The molecule has 10 rings (SSSR count). The second kappa shape index (κ2) is 13.7. The van der Waals surface area contributed by atoms with E-state index in [2.05, 4.69) is 228 Å². The minimum atomic E-state index is -0.189. The summed E-state index contributed by atoms with van der Waals surface area (Å²) >= 11 is 1.81. The molecule has 0 saturated heterocycles. The van der Waals surface area contributed by atoms with Crippen LogP contribution in [0.25, 0.3) is 53.9 Å². The first-order valence-corrected chi connectivity index (χ1v) is 21.1. The number of hydrogen-bond donors (Lipinski definition) is 0. The molecule has 3 heteroatoms. The zero-order valence-corrected chi connectivity index (χ0v) is 34.9. The second-order valence-corrected chi connectivity index (χ2v) is 18.0. The minimum absolute atomic E-state index is 0.189. The van der Waals surface area contributed by atoms with Gasteiger partial charge in [-0.1, -0.05) is 161 Å². The summed E-state index contributed by atoms with van der Waals surface area (Å²) in [5, 5.41) is 13.0. The lowest BCUT2D eigenvalue weighted by Crippen LogP contribution is -2.22. The van der Waals surface area contributed by atoms with Gasteiger partial charge in [-0.3, -0.25) is 0 Å². The molecule has 2 aliphatic heterocycles. The molecule has 0 atom stereocenters. The maximum absolute atomic E-state index is 2.42. The molecule has 8 aromatic rings. The molecule has 0 aliphatic carbocycles. The molecule has 0 aromatic heterocycles. The zero-order valence-electron chi connectivity index (χ0n) is 34.0. The summed E-state index contributed by atoms with van der Waals surface area (Å²) in [7, 11) is 4.47. The van der Waals surface area contributed by atoms with E-state index in [9.17, 15) is 0 Å². The predicted molar refractivity (Wildman–Crippen MR) is 255 cm³/mol. The van der Waals surface area contributed by atoms with Gasteiger partial charge in [-0.25, -0.2) is 0 Å². The Bertz CT molecular complexity index is 2980. The normalized spacial score (nSPS) is 17.3. The van der Waals surface area contributed by atoms with Crippen molar-refractivity contribution in [2.75, 3.05) is 23.9 Å². The first-order chi connectivity index (χ1) is 28.1. The third-order valence-electron chi connectivity index (χ3n) is 12.7. The topological polar surface area (TPSA) is 6.48 Å². The summed E-state index contributed by atoms with van der Waals surface area (Å²) in [6, 6.07) is 50.9. The monoisotopic (exact) mass is 767 g/mol. The van der Waals surface area contributed by atoms with Crippen LogP contribution in [0.1, 0.15) is 38.8 Å². The Morgan fingerprint density at radius 1 is 0.448 bits per heavy atom. The average Bonchev–Trinajstić information content (AvgIpc) is 3.57. The highest BCUT2D eigenvalue weighted by atomic mass is 32.1. The van der Waals surface area contributed by atoms with Crippen molar-refractivity contribution >= 4 is 81.5 Å². The fourth-order valence-electron chi connectivity index (χ4n) is 10.1. The van der Waals surface area contributed by atoms with Gasteiger partial charge >= 0.3 is 0 Å². The second-order valence-electron chi connectivity index (χ2n) is 16.8. The van der Waals surface area contributed by atoms with Crippen LogP contribution in [0.4, 0.5) is 11.4 Å². The van der Waals surface area contributed by atoms with Crippen molar-refractivity contribution in [1.29, 1.82) is 0 Å². The van der Waals surface area contributed by atoms with Crippen LogP contribution in [0.3, 0.4) is 0 Å². The molecule has 0 N–H and O–H groups in total. The quantitative estimate of drug-likeness (QED) is 0.0745. The van der Waals surface area contributed by atoms with Gasteiger partial charge in [0.2, 0.25) is 21.1 Å². The summed E-state index contributed by atoms with van der Waals surface area (Å²) in [6.45, 7) is 9.50. The van der Waals surface area contributed by atoms with Crippen molar-refractivity contribution in [2.24, 2.45) is 0 Å². The minimum Gasteiger partial charge on any atom is -0.347 e. The van der Waals surface area contributed by atoms with Crippen molar-refractivity contribution < 1.29 is 0 Å². The fraction of sp³-hybridized carbons (Fsp3) is 0.145. The van der Waals surface area contributed by atoms with Gasteiger partial charge in [-0.2, -0.15) is 0 Å². The van der Waals surface area contributed by atoms with Gasteiger partial charge in [0.05, 0.1) is 11.4 Å². The van der Waals surface area contributed by atoms with Gasteiger partial charge in [0.1, 0.15) is 0 Å². The number of benzene rings is 8.